The van der Waals surface area contributed by atoms with Crippen LogP contribution < -0.4 is 10.6 Å². The fourth-order valence-corrected chi connectivity index (χ4v) is 3.51. The van der Waals surface area contributed by atoms with Crippen LogP contribution in [0.25, 0.3) is 0 Å². The summed E-state index contributed by atoms with van der Waals surface area (Å²) in [7, 11) is 1.52. The lowest BCUT2D eigenvalue weighted by Gasteiger charge is -2.25. The topological polar surface area (TPSA) is 105 Å². The van der Waals surface area contributed by atoms with E-state index in [2.05, 4.69) is 10.6 Å². The number of carbonyl (C=O) groups is 4. The summed E-state index contributed by atoms with van der Waals surface area (Å²) in [5.41, 5.74) is 1.80. The number of ether oxygens (including phenoxy) is 1. The average molecular weight is 423 g/mol. The second kappa shape index (κ2) is 9.88. The summed E-state index contributed by atoms with van der Waals surface area (Å²) < 4.78 is 5.13. The Kier molecular flexibility index (Phi) is 7.02. The van der Waals surface area contributed by atoms with Crippen molar-refractivity contribution in [2.24, 2.45) is 5.92 Å². The fraction of sp³-hybridized carbons (Fsp3) is 0.304. The minimum Gasteiger partial charge on any atom is -0.455 e. The molecule has 2 N–H and O–H groups in total. The van der Waals surface area contributed by atoms with Crippen LogP contribution >= 0.6 is 0 Å². The van der Waals surface area contributed by atoms with E-state index in [-0.39, 0.29) is 30.8 Å². The summed E-state index contributed by atoms with van der Waals surface area (Å²) in [4.78, 5) is 50.3. The maximum Gasteiger partial charge on any atom is 0.311 e. The molecule has 0 spiro atoms. The summed E-state index contributed by atoms with van der Waals surface area (Å²) in [6.07, 6.45) is 0.0613. The van der Waals surface area contributed by atoms with Crippen molar-refractivity contribution in [2.75, 3.05) is 25.5 Å². The number of benzene rings is 2. The molecule has 3 amide bonds. The molecule has 162 valence electrons. The van der Waals surface area contributed by atoms with Crippen molar-refractivity contribution < 1.29 is 23.9 Å². The maximum atomic E-state index is 12.4. The molecule has 2 aromatic carbocycles. The van der Waals surface area contributed by atoms with E-state index in [4.69, 9.17) is 4.74 Å². The largest absolute Gasteiger partial charge is 0.455 e. The zero-order chi connectivity index (χ0) is 22.4. The molecule has 2 aromatic rings. The maximum absolute atomic E-state index is 12.4. The highest BCUT2D eigenvalue weighted by molar-refractivity contribution is 5.97. The summed E-state index contributed by atoms with van der Waals surface area (Å²) >= 11 is 0. The molecule has 1 aliphatic heterocycles. The van der Waals surface area contributed by atoms with Crippen LogP contribution in [0.1, 0.15) is 35.3 Å². The zero-order valence-electron chi connectivity index (χ0n) is 17.5. The highest BCUT2D eigenvalue weighted by Crippen LogP contribution is 2.29. The van der Waals surface area contributed by atoms with Gasteiger partial charge in [0.2, 0.25) is 5.91 Å². The fourth-order valence-electron chi connectivity index (χ4n) is 3.51. The third-order valence-corrected chi connectivity index (χ3v) is 5.22. The van der Waals surface area contributed by atoms with Gasteiger partial charge in [0.25, 0.3) is 11.8 Å². The average Bonchev–Trinajstić information content (AvgIpc) is 3.18. The number of anilines is 1. The molecule has 0 aromatic heterocycles. The Labute approximate surface area is 180 Å². The van der Waals surface area contributed by atoms with Gasteiger partial charge in [-0.05, 0) is 30.7 Å². The van der Waals surface area contributed by atoms with Gasteiger partial charge in [-0.2, -0.15) is 0 Å². The lowest BCUT2D eigenvalue weighted by atomic mass is 10.1. The number of nitrogens with zero attached hydrogens (tertiary/aromatic N) is 1. The number of likely N-dealkylation sites (tertiary alicyclic amines) is 1. The molecule has 0 bridgehead atoms. The molecule has 1 saturated heterocycles. The Morgan fingerprint density at radius 3 is 2.58 bits per heavy atom. The van der Waals surface area contributed by atoms with E-state index in [1.807, 2.05) is 37.3 Å². The Hall–Kier alpha value is -3.68. The van der Waals surface area contributed by atoms with Crippen LogP contribution in [-0.4, -0.2) is 48.8 Å². The molecular formula is C23H25N3O5. The minimum absolute atomic E-state index is 0.0613. The van der Waals surface area contributed by atoms with Gasteiger partial charge in [0.15, 0.2) is 6.61 Å². The van der Waals surface area contributed by atoms with E-state index in [1.165, 1.54) is 13.1 Å². The molecule has 8 heteroatoms. The van der Waals surface area contributed by atoms with Crippen molar-refractivity contribution in [3.8, 4) is 0 Å². The molecule has 1 heterocycles. The first kappa shape index (κ1) is 22.0. The van der Waals surface area contributed by atoms with E-state index in [9.17, 15) is 19.2 Å². The number of carbonyl (C=O) groups excluding carboxylic acids is 4. The number of amides is 3. The molecule has 1 fully saturated rings. The number of nitrogens with one attached hydrogen (secondary N) is 2. The van der Waals surface area contributed by atoms with Crippen molar-refractivity contribution in [1.82, 2.24) is 10.2 Å². The van der Waals surface area contributed by atoms with Gasteiger partial charge >= 0.3 is 5.97 Å². The van der Waals surface area contributed by atoms with Crippen molar-refractivity contribution in [3.63, 3.8) is 0 Å². The Morgan fingerprint density at radius 1 is 1.13 bits per heavy atom. The lowest BCUT2D eigenvalue weighted by molar-refractivity contribution is -0.151. The van der Waals surface area contributed by atoms with Crippen LogP contribution in [0.2, 0.25) is 0 Å². The van der Waals surface area contributed by atoms with E-state index >= 15 is 0 Å². The standard InChI is InChI=1S/C23H25N3O5/c1-15(16-7-4-3-5-8-16)26-13-18(12-21(26)28)23(30)31-14-20(27)25-19-10-6-9-17(11-19)22(29)24-2/h3-11,15,18H,12-14H2,1-2H3,(H,24,29)(H,25,27)/t15-,18+/m0/s1. The first-order valence-electron chi connectivity index (χ1n) is 10.0. The third kappa shape index (κ3) is 5.48. The molecule has 0 radical (unpaired) electrons. The molecule has 31 heavy (non-hydrogen) atoms. The van der Waals surface area contributed by atoms with Gasteiger partial charge in [0, 0.05) is 31.3 Å². The van der Waals surface area contributed by atoms with Gasteiger partial charge in [-0.15, -0.1) is 0 Å². The second-order valence-electron chi connectivity index (χ2n) is 7.35. The van der Waals surface area contributed by atoms with Gasteiger partial charge in [-0.3, -0.25) is 19.2 Å². The minimum atomic E-state index is -0.608. The molecule has 0 unspecified atom stereocenters. The normalized spacial score (nSPS) is 16.5. The molecule has 0 aliphatic carbocycles. The van der Waals surface area contributed by atoms with Crippen LogP contribution in [0.5, 0.6) is 0 Å². The molecule has 8 nitrogen and oxygen atoms in total. The predicted octanol–water partition coefficient (Wildman–Crippen LogP) is 2.14. The smallest absolute Gasteiger partial charge is 0.311 e. The summed E-state index contributed by atoms with van der Waals surface area (Å²) in [6.45, 7) is 1.70. The van der Waals surface area contributed by atoms with Crippen LogP contribution in [-0.2, 0) is 19.1 Å². The molecule has 3 rings (SSSR count). The van der Waals surface area contributed by atoms with Crippen LogP contribution in [0.15, 0.2) is 54.6 Å². The summed E-state index contributed by atoms with van der Waals surface area (Å²) in [6, 6.07) is 15.8. The van der Waals surface area contributed by atoms with Crippen molar-refractivity contribution in [3.05, 3.63) is 65.7 Å². The van der Waals surface area contributed by atoms with E-state index in [0.717, 1.165) is 5.56 Å². The van der Waals surface area contributed by atoms with Crippen molar-refractivity contribution in [2.45, 2.75) is 19.4 Å². The van der Waals surface area contributed by atoms with Crippen LogP contribution in [0.3, 0.4) is 0 Å². The number of hydrogen-bond donors (Lipinski definition) is 2. The van der Waals surface area contributed by atoms with Gasteiger partial charge in [0.1, 0.15) is 0 Å². The first-order chi connectivity index (χ1) is 14.9. The second-order valence-corrected chi connectivity index (χ2v) is 7.35. The molecule has 0 saturated carbocycles. The highest BCUT2D eigenvalue weighted by atomic mass is 16.5. The lowest BCUT2D eigenvalue weighted by Crippen LogP contribution is -2.30. The van der Waals surface area contributed by atoms with Crippen LogP contribution in [0.4, 0.5) is 5.69 Å². The Morgan fingerprint density at radius 2 is 1.87 bits per heavy atom. The SMILES string of the molecule is CNC(=O)c1cccc(NC(=O)COC(=O)[C@@H]2CC(=O)N([C@@H](C)c3ccccc3)C2)c1. The third-order valence-electron chi connectivity index (χ3n) is 5.22. The summed E-state index contributed by atoms with van der Waals surface area (Å²) in [5, 5.41) is 5.10. The summed E-state index contributed by atoms with van der Waals surface area (Å²) in [5.74, 6) is -2.11. The molecule has 2 atom stereocenters. The zero-order valence-corrected chi connectivity index (χ0v) is 17.5. The van der Waals surface area contributed by atoms with E-state index in [0.29, 0.717) is 11.3 Å². The van der Waals surface area contributed by atoms with Crippen molar-refractivity contribution in [1.29, 1.82) is 0 Å². The predicted molar refractivity (Wildman–Crippen MR) is 114 cm³/mol. The highest BCUT2D eigenvalue weighted by Gasteiger charge is 2.38. The van der Waals surface area contributed by atoms with Gasteiger partial charge in [-0.25, -0.2) is 0 Å². The Bertz CT molecular complexity index is 976. The van der Waals surface area contributed by atoms with Gasteiger partial charge < -0.3 is 20.3 Å². The monoisotopic (exact) mass is 423 g/mol. The van der Waals surface area contributed by atoms with Crippen molar-refractivity contribution >= 4 is 29.4 Å². The quantitative estimate of drug-likeness (QED) is 0.664. The molecule has 1 aliphatic rings. The first-order valence-corrected chi connectivity index (χ1v) is 10.0. The Balaban J connectivity index is 1.51. The van der Waals surface area contributed by atoms with Gasteiger partial charge in [0.05, 0.1) is 12.0 Å². The number of esters is 1. The number of hydrogen-bond acceptors (Lipinski definition) is 5. The van der Waals surface area contributed by atoms with Crippen LogP contribution in [0, 0.1) is 5.92 Å². The molecular weight excluding hydrogens is 398 g/mol. The number of rotatable bonds is 7. The van der Waals surface area contributed by atoms with E-state index in [1.54, 1.807) is 23.1 Å². The van der Waals surface area contributed by atoms with E-state index < -0.39 is 24.4 Å². The van der Waals surface area contributed by atoms with Gasteiger partial charge in [-0.1, -0.05) is 36.4 Å².